The first-order valence-corrected chi connectivity index (χ1v) is 9.59. The number of anilines is 1. The summed E-state index contributed by atoms with van der Waals surface area (Å²) in [5.41, 5.74) is 11.5. The van der Waals surface area contributed by atoms with Crippen LogP contribution in [0.2, 0.25) is 0 Å². The first kappa shape index (κ1) is 29.1. The van der Waals surface area contributed by atoms with E-state index in [4.69, 9.17) is 31.9 Å². The van der Waals surface area contributed by atoms with Crippen LogP contribution >= 0.6 is 0 Å². The lowest BCUT2D eigenvalue weighted by Gasteiger charge is -2.13. The van der Waals surface area contributed by atoms with Crippen molar-refractivity contribution in [2.24, 2.45) is 11.5 Å². The van der Waals surface area contributed by atoms with Crippen LogP contribution in [0.15, 0.2) is 48.5 Å². The minimum absolute atomic E-state index is 0.0884. The third kappa shape index (κ3) is 9.50. The molecule has 0 saturated carbocycles. The molecule has 192 valence electrons. The van der Waals surface area contributed by atoms with E-state index in [1.807, 2.05) is 0 Å². The lowest BCUT2D eigenvalue weighted by atomic mass is 10.1. The summed E-state index contributed by atoms with van der Waals surface area (Å²) in [5.74, 6) is -6.32. The number of amidine groups is 1. The van der Waals surface area contributed by atoms with Gasteiger partial charge in [0.25, 0.3) is 11.8 Å². The van der Waals surface area contributed by atoms with Gasteiger partial charge in [-0.2, -0.15) is 13.2 Å². The molecule has 2 rings (SSSR count). The molecular formula is C21H20F3N5O7. The highest BCUT2D eigenvalue weighted by Gasteiger charge is 2.38. The van der Waals surface area contributed by atoms with E-state index in [0.29, 0.717) is 16.8 Å². The van der Waals surface area contributed by atoms with Crippen molar-refractivity contribution < 1.29 is 47.4 Å². The number of primary amides is 1. The Hall–Kier alpha value is -4.95. The molecule has 15 heteroatoms. The van der Waals surface area contributed by atoms with Crippen LogP contribution in [0.25, 0.3) is 0 Å². The highest BCUT2D eigenvalue weighted by molar-refractivity contribution is 6.06. The molecule has 2 aromatic rings. The molecule has 9 N–H and O–H groups in total. The lowest BCUT2D eigenvalue weighted by molar-refractivity contribution is -0.192. The van der Waals surface area contributed by atoms with Crippen molar-refractivity contribution in [2.75, 3.05) is 5.32 Å². The summed E-state index contributed by atoms with van der Waals surface area (Å²) in [6.07, 6.45) is -5.63. The van der Waals surface area contributed by atoms with Crippen LogP contribution in [0.5, 0.6) is 0 Å². The van der Waals surface area contributed by atoms with Crippen LogP contribution in [0, 0.1) is 5.41 Å². The molecule has 0 aliphatic heterocycles. The number of carbonyl (C=O) groups is 5. The van der Waals surface area contributed by atoms with Crippen molar-refractivity contribution in [2.45, 2.75) is 18.6 Å². The molecule has 36 heavy (non-hydrogen) atoms. The van der Waals surface area contributed by atoms with Gasteiger partial charge in [-0.15, -0.1) is 0 Å². The van der Waals surface area contributed by atoms with Crippen LogP contribution in [-0.4, -0.2) is 57.9 Å². The van der Waals surface area contributed by atoms with Crippen LogP contribution < -0.4 is 22.1 Å². The van der Waals surface area contributed by atoms with Gasteiger partial charge in [-0.25, -0.2) is 9.59 Å². The maximum Gasteiger partial charge on any atom is 0.490 e. The van der Waals surface area contributed by atoms with Crippen molar-refractivity contribution in [1.29, 1.82) is 5.41 Å². The number of carboxylic acids is 2. The predicted octanol–water partition coefficient (Wildman–Crippen LogP) is 0.915. The predicted molar refractivity (Wildman–Crippen MR) is 118 cm³/mol. The number of hydrogen-bond donors (Lipinski definition) is 7. The third-order valence-corrected chi connectivity index (χ3v) is 4.09. The highest BCUT2D eigenvalue weighted by Crippen LogP contribution is 2.14. The number of halogens is 3. The summed E-state index contributed by atoms with van der Waals surface area (Å²) in [4.78, 5) is 55.6. The zero-order chi connectivity index (χ0) is 27.6. The molecule has 0 aliphatic rings. The number of carboxylic acid groups (broad SMARTS) is 2. The number of rotatable bonds is 8. The normalized spacial score (nSPS) is 11.2. The van der Waals surface area contributed by atoms with Crippen molar-refractivity contribution in [3.8, 4) is 0 Å². The largest absolute Gasteiger partial charge is 0.490 e. The highest BCUT2D eigenvalue weighted by atomic mass is 19.4. The number of carbonyl (C=O) groups excluding carboxylic acids is 3. The van der Waals surface area contributed by atoms with E-state index in [1.54, 1.807) is 6.07 Å². The zero-order valence-corrected chi connectivity index (χ0v) is 18.1. The Kier molecular flexibility index (Phi) is 10.1. The fourth-order valence-electron chi connectivity index (χ4n) is 2.39. The second-order valence-electron chi connectivity index (χ2n) is 6.86. The molecule has 0 bridgehead atoms. The summed E-state index contributed by atoms with van der Waals surface area (Å²) >= 11 is 0. The molecule has 0 aliphatic carbocycles. The van der Waals surface area contributed by atoms with E-state index in [0.717, 1.165) is 0 Å². The molecule has 0 heterocycles. The molecule has 1 atom stereocenters. The molecule has 0 radical (unpaired) electrons. The van der Waals surface area contributed by atoms with Crippen molar-refractivity contribution in [3.63, 3.8) is 0 Å². The Morgan fingerprint density at radius 3 is 1.86 bits per heavy atom. The summed E-state index contributed by atoms with van der Waals surface area (Å²) < 4.78 is 31.7. The number of amides is 3. The van der Waals surface area contributed by atoms with Crippen LogP contribution in [0.3, 0.4) is 0 Å². The van der Waals surface area contributed by atoms with E-state index in [9.17, 15) is 32.3 Å². The molecule has 12 nitrogen and oxygen atoms in total. The van der Waals surface area contributed by atoms with Crippen molar-refractivity contribution in [3.05, 3.63) is 65.2 Å². The van der Waals surface area contributed by atoms with Crippen molar-refractivity contribution >= 4 is 41.2 Å². The SMILES string of the molecule is N=C(N)c1ccc(C(=O)Nc2cccc(C(=O)N[C@@H](CC(N)=O)C(=O)O)c2)cc1.O=C(O)C(F)(F)F. The summed E-state index contributed by atoms with van der Waals surface area (Å²) in [5, 5.41) is 28.4. The van der Waals surface area contributed by atoms with Gasteiger partial charge in [0.1, 0.15) is 11.9 Å². The quantitative estimate of drug-likeness (QED) is 0.199. The van der Waals surface area contributed by atoms with E-state index in [2.05, 4.69) is 10.6 Å². The Morgan fingerprint density at radius 2 is 1.42 bits per heavy atom. The van der Waals surface area contributed by atoms with Crippen molar-refractivity contribution in [1.82, 2.24) is 5.32 Å². The van der Waals surface area contributed by atoms with E-state index in [1.165, 1.54) is 42.5 Å². The number of nitrogens with two attached hydrogens (primary N) is 2. The number of benzene rings is 2. The van der Waals surface area contributed by atoms with Crippen LogP contribution in [0.4, 0.5) is 18.9 Å². The topological polar surface area (TPSA) is 226 Å². The van der Waals surface area contributed by atoms with Gasteiger partial charge in [0.05, 0.1) is 6.42 Å². The molecule has 0 saturated heterocycles. The average molecular weight is 511 g/mol. The maximum atomic E-state index is 12.3. The van der Waals surface area contributed by atoms with Gasteiger partial charge >= 0.3 is 18.1 Å². The fraction of sp³-hybridized carbons (Fsp3) is 0.143. The second-order valence-corrected chi connectivity index (χ2v) is 6.86. The molecule has 0 aromatic heterocycles. The third-order valence-electron chi connectivity index (χ3n) is 4.09. The van der Waals surface area contributed by atoms with E-state index in [-0.39, 0.29) is 11.4 Å². The van der Waals surface area contributed by atoms with Gasteiger partial charge in [0.2, 0.25) is 5.91 Å². The second kappa shape index (κ2) is 12.5. The minimum atomic E-state index is -5.08. The summed E-state index contributed by atoms with van der Waals surface area (Å²) in [6.45, 7) is 0. The number of alkyl halides is 3. The Bertz CT molecular complexity index is 1170. The fourth-order valence-corrected chi connectivity index (χ4v) is 2.39. The number of hydrogen-bond acceptors (Lipinski definition) is 6. The Labute approximate surface area is 200 Å². The summed E-state index contributed by atoms with van der Waals surface area (Å²) in [7, 11) is 0. The minimum Gasteiger partial charge on any atom is -0.480 e. The van der Waals surface area contributed by atoms with Gasteiger partial charge < -0.3 is 32.3 Å². The maximum absolute atomic E-state index is 12.3. The zero-order valence-electron chi connectivity index (χ0n) is 18.1. The average Bonchev–Trinajstić information content (AvgIpc) is 2.78. The van der Waals surface area contributed by atoms with Gasteiger partial charge in [-0.05, 0) is 30.3 Å². The van der Waals surface area contributed by atoms with Gasteiger partial charge in [-0.1, -0.05) is 18.2 Å². The number of nitrogens with one attached hydrogen (secondary N) is 3. The molecule has 0 unspecified atom stereocenters. The molecular weight excluding hydrogens is 491 g/mol. The van der Waals surface area contributed by atoms with Crippen LogP contribution in [-0.2, 0) is 14.4 Å². The van der Waals surface area contributed by atoms with Gasteiger partial charge in [0.15, 0.2) is 0 Å². The van der Waals surface area contributed by atoms with E-state index < -0.39 is 48.3 Å². The molecule has 0 spiro atoms. The smallest absolute Gasteiger partial charge is 0.480 e. The van der Waals surface area contributed by atoms with Crippen LogP contribution in [0.1, 0.15) is 32.7 Å². The summed E-state index contributed by atoms with van der Waals surface area (Å²) in [6, 6.07) is 10.5. The monoisotopic (exact) mass is 511 g/mol. The first-order chi connectivity index (χ1) is 16.6. The molecule has 0 fully saturated rings. The van der Waals surface area contributed by atoms with Gasteiger partial charge in [-0.3, -0.25) is 19.8 Å². The lowest BCUT2D eigenvalue weighted by Crippen LogP contribution is -2.43. The number of aliphatic carboxylic acids is 2. The number of nitrogen functional groups attached to an aromatic ring is 1. The standard InChI is InChI=1S/C19H19N5O5.C2HF3O2/c20-15(25)9-14(19(28)29)24-18(27)12-2-1-3-13(8-12)23-17(26)11-6-4-10(5-7-11)16(21)22;3-2(4,5)1(6)7/h1-8,14H,9H2,(H2,20,25)(H3,21,22)(H,23,26)(H,24,27)(H,28,29);(H,6,7)/t14-;/m0./s1. The Balaban J connectivity index is 0.000000809. The molecule has 3 amide bonds. The first-order valence-electron chi connectivity index (χ1n) is 9.59. The molecule has 2 aromatic carbocycles. The Morgan fingerprint density at radius 1 is 0.889 bits per heavy atom. The van der Waals surface area contributed by atoms with Gasteiger partial charge in [0, 0.05) is 22.4 Å². The van der Waals surface area contributed by atoms with E-state index >= 15 is 0 Å².